The van der Waals surface area contributed by atoms with Gasteiger partial charge in [0.25, 0.3) is 5.91 Å². The number of aliphatic carboxylic acids is 1. The molecule has 27 heavy (non-hydrogen) atoms. The van der Waals surface area contributed by atoms with E-state index in [4.69, 9.17) is 4.74 Å². The smallest absolute Gasteiger partial charge is 0.345 e. The molecule has 2 N–H and O–H groups in total. The Morgan fingerprint density at radius 2 is 2.00 bits per heavy atom. The average molecular weight is 374 g/mol. The summed E-state index contributed by atoms with van der Waals surface area (Å²) < 4.78 is 5.78. The lowest BCUT2D eigenvalue weighted by molar-refractivity contribution is -0.150. The molecule has 0 aliphatic carbocycles. The third kappa shape index (κ3) is 3.51. The second kappa shape index (κ2) is 6.68. The van der Waals surface area contributed by atoms with Crippen molar-refractivity contribution in [3.8, 4) is 5.75 Å². The van der Waals surface area contributed by atoms with E-state index in [-0.39, 0.29) is 31.2 Å². The van der Waals surface area contributed by atoms with Crippen LogP contribution < -0.4 is 10.1 Å². The van der Waals surface area contributed by atoms with Gasteiger partial charge in [-0.15, -0.1) is 0 Å². The van der Waals surface area contributed by atoms with E-state index in [2.05, 4.69) is 5.32 Å². The summed E-state index contributed by atoms with van der Waals surface area (Å²) in [6.45, 7) is 5.41. The summed E-state index contributed by atoms with van der Waals surface area (Å²) in [5.41, 5.74) is 0.290. The first kappa shape index (κ1) is 18.9. The molecule has 2 aliphatic heterocycles. The van der Waals surface area contributed by atoms with Gasteiger partial charge >= 0.3 is 5.97 Å². The molecule has 3 rings (SSSR count). The third-order valence-corrected chi connectivity index (χ3v) is 4.79. The number of carbonyl (C=O) groups is 4. The molecule has 2 heterocycles. The Kier molecular flexibility index (Phi) is 4.67. The van der Waals surface area contributed by atoms with Gasteiger partial charge in [0.2, 0.25) is 11.8 Å². The quantitative estimate of drug-likeness (QED) is 0.769. The van der Waals surface area contributed by atoms with E-state index in [1.807, 2.05) is 0 Å². The van der Waals surface area contributed by atoms with Crippen molar-refractivity contribution in [2.75, 3.05) is 0 Å². The van der Waals surface area contributed by atoms with Gasteiger partial charge in [-0.25, -0.2) is 4.79 Å². The normalized spacial score (nSPS) is 20.9. The lowest BCUT2D eigenvalue weighted by atomic mass is 9.89. The van der Waals surface area contributed by atoms with Crippen LogP contribution in [0.3, 0.4) is 0 Å². The molecule has 1 saturated heterocycles. The van der Waals surface area contributed by atoms with Crippen molar-refractivity contribution in [1.82, 2.24) is 10.2 Å². The molecule has 1 aromatic rings. The van der Waals surface area contributed by atoms with Crippen molar-refractivity contribution >= 4 is 23.7 Å². The van der Waals surface area contributed by atoms with Crippen LogP contribution in [0, 0.1) is 5.41 Å². The van der Waals surface area contributed by atoms with E-state index < -0.39 is 29.4 Å². The summed E-state index contributed by atoms with van der Waals surface area (Å²) in [7, 11) is 0. The number of amides is 3. The maximum atomic E-state index is 12.8. The van der Waals surface area contributed by atoms with Gasteiger partial charge in [0.15, 0.2) is 6.10 Å². The first-order chi connectivity index (χ1) is 12.6. The maximum Gasteiger partial charge on any atom is 0.345 e. The van der Waals surface area contributed by atoms with Crippen molar-refractivity contribution in [1.29, 1.82) is 0 Å². The number of benzene rings is 1. The van der Waals surface area contributed by atoms with Gasteiger partial charge in [0.05, 0.1) is 6.54 Å². The highest BCUT2D eigenvalue weighted by Gasteiger charge is 2.41. The molecule has 0 radical (unpaired) electrons. The largest absolute Gasteiger partial charge is 0.478 e. The molecule has 3 amide bonds. The van der Waals surface area contributed by atoms with Crippen molar-refractivity contribution in [3.05, 3.63) is 29.3 Å². The zero-order chi connectivity index (χ0) is 19.9. The van der Waals surface area contributed by atoms with Gasteiger partial charge in [-0.05, 0) is 18.6 Å². The minimum atomic E-state index is -1.09. The number of imide groups is 1. The zero-order valence-corrected chi connectivity index (χ0v) is 15.4. The SMILES string of the molecule is CC(C)(C)C(Oc1cccc2c1CN(C1CCC(=O)NC1=O)C2=O)C(=O)O. The van der Waals surface area contributed by atoms with E-state index in [0.29, 0.717) is 16.9 Å². The Balaban J connectivity index is 1.89. The second-order valence-electron chi connectivity index (χ2n) is 7.88. The number of ether oxygens (including phenoxy) is 1. The van der Waals surface area contributed by atoms with E-state index in [1.54, 1.807) is 39.0 Å². The predicted molar refractivity (Wildman–Crippen MR) is 94.0 cm³/mol. The molecule has 2 aliphatic rings. The molecule has 8 nitrogen and oxygen atoms in total. The minimum Gasteiger partial charge on any atom is -0.478 e. The lowest BCUT2D eigenvalue weighted by Gasteiger charge is -2.30. The van der Waals surface area contributed by atoms with Crippen molar-refractivity contribution in [2.24, 2.45) is 5.41 Å². The second-order valence-corrected chi connectivity index (χ2v) is 7.88. The van der Waals surface area contributed by atoms with E-state index >= 15 is 0 Å². The number of piperidine rings is 1. The Morgan fingerprint density at radius 1 is 1.30 bits per heavy atom. The fraction of sp³-hybridized carbons (Fsp3) is 0.474. The van der Waals surface area contributed by atoms with E-state index in [9.17, 15) is 24.3 Å². The molecule has 2 unspecified atom stereocenters. The van der Waals surface area contributed by atoms with Crippen molar-refractivity contribution < 1.29 is 29.0 Å². The lowest BCUT2D eigenvalue weighted by Crippen LogP contribution is -2.52. The topological polar surface area (TPSA) is 113 Å². The maximum absolute atomic E-state index is 12.8. The fourth-order valence-electron chi connectivity index (χ4n) is 3.39. The molecule has 0 aromatic heterocycles. The minimum absolute atomic E-state index is 0.132. The molecule has 0 saturated carbocycles. The number of carbonyl (C=O) groups excluding carboxylic acids is 3. The number of hydrogen-bond acceptors (Lipinski definition) is 5. The van der Waals surface area contributed by atoms with Crippen molar-refractivity contribution in [2.45, 2.75) is 52.3 Å². The van der Waals surface area contributed by atoms with E-state index in [0.717, 1.165) is 0 Å². The van der Waals surface area contributed by atoms with Crippen LogP contribution in [0.2, 0.25) is 0 Å². The number of nitrogens with zero attached hydrogens (tertiary/aromatic N) is 1. The van der Waals surface area contributed by atoms with E-state index in [1.165, 1.54) is 4.90 Å². The molecule has 1 aromatic carbocycles. The van der Waals surface area contributed by atoms with Crippen LogP contribution in [0.25, 0.3) is 0 Å². The Bertz CT molecular complexity index is 826. The predicted octanol–water partition coefficient (Wildman–Crippen LogP) is 1.33. The molecule has 8 heteroatoms. The highest BCUT2D eigenvalue weighted by atomic mass is 16.5. The van der Waals surface area contributed by atoms with Gasteiger partial charge in [-0.3, -0.25) is 19.7 Å². The number of fused-ring (bicyclic) bond motifs is 1. The zero-order valence-electron chi connectivity index (χ0n) is 15.4. The Hall–Kier alpha value is -2.90. The number of rotatable bonds is 4. The van der Waals surface area contributed by atoms with Gasteiger partial charge in [0, 0.05) is 23.0 Å². The first-order valence-electron chi connectivity index (χ1n) is 8.75. The van der Waals surface area contributed by atoms with Gasteiger partial charge in [-0.2, -0.15) is 0 Å². The van der Waals surface area contributed by atoms with Crippen LogP contribution in [0.5, 0.6) is 5.75 Å². The Labute approximate surface area is 156 Å². The number of hydrogen-bond donors (Lipinski definition) is 2. The van der Waals surface area contributed by atoms with Crippen LogP contribution >= 0.6 is 0 Å². The summed E-state index contributed by atoms with van der Waals surface area (Å²) in [5, 5.41) is 11.8. The van der Waals surface area contributed by atoms with Gasteiger partial charge in [0.1, 0.15) is 11.8 Å². The molecule has 1 fully saturated rings. The monoisotopic (exact) mass is 374 g/mol. The van der Waals surface area contributed by atoms with Gasteiger partial charge in [-0.1, -0.05) is 26.8 Å². The van der Waals surface area contributed by atoms with Crippen LogP contribution in [0.4, 0.5) is 0 Å². The highest BCUT2D eigenvalue weighted by molar-refractivity contribution is 6.05. The van der Waals surface area contributed by atoms with Crippen LogP contribution in [0.1, 0.15) is 49.5 Å². The summed E-state index contributed by atoms with van der Waals surface area (Å²) in [4.78, 5) is 49.3. The fourth-order valence-corrected chi connectivity index (χ4v) is 3.39. The number of carboxylic acids is 1. The third-order valence-electron chi connectivity index (χ3n) is 4.79. The number of nitrogens with one attached hydrogen (secondary N) is 1. The molecular formula is C19H22N2O6. The van der Waals surface area contributed by atoms with Crippen LogP contribution in [0.15, 0.2) is 18.2 Å². The first-order valence-corrected chi connectivity index (χ1v) is 8.75. The van der Waals surface area contributed by atoms with Crippen molar-refractivity contribution in [3.63, 3.8) is 0 Å². The molecule has 0 bridgehead atoms. The summed E-state index contributed by atoms with van der Waals surface area (Å²) in [5.74, 6) is -1.94. The average Bonchev–Trinajstić information content (AvgIpc) is 2.89. The molecule has 144 valence electrons. The summed E-state index contributed by atoms with van der Waals surface area (Å²) >= 11 is 0. The van der Waals surface area contributed by atoms with Gasteiger partial charge < -0.3 is 14.7 Å². The molecule has 0 spiro atoms. The Morgan fingerprint density at radius 3 is 2.59 bits per heavy atom. The molecular weight excluding hydrogens is 352 g/mol. The standard InChI is InChI=1S/C19H22N2O6/c1-19(2,3)15(18(25)26)27-13-6-4-5-10-11(13)9-21(17(10)24)12-7-8-14(22)20-16(12)23/h4-6,12,15H,7-9H2,1-3H3,(H,25,26)(H,20,22,23). The number of carboxylic acid groups (broad SMARTS) is 1. The van der Waals surface area contributed by atoms with Crippen LogP contribution in [-0.4, -0.2) is 45.8 Å². The molecule has 2 atom stereocenters. The summed E-state index contributed by atoms with van der Waals surface area (Å²) in [6.07, 6.45) is -0.658. The summed E-state index contributed by atoms with van der Waals surface area (Å²) in [6, 6.07) is 4.15. The van der Waals surface area contributed by atoms with Crippen LogP contribution in [-0.2, 0) is 20.9 Å². The highest BCUT2D eigenvalue weighted by Crippen LogP contribution is 2.35.